The Bertz CT molecular complexity index is 775. The number of nitrogens with zero attached hydrogens (tertiary/aromatic N) is 1. The summed E-state index contributed by atoms with van der Waals surface area (Å²) in [5.41, 5.74) is 2.29. The van der Waals surface area contributed by atoms with E-state index in [1.165, 1.54) is 6.08 Å². The highest BCUT2D eigenvalue weighted by atomic mass is 16.5. The van der Waals surface area contributed by atoms with Gasteiger partial charge in [-0.05, 0) is 29.3 Å². The summed E-state index contributed by atoms with van der Waals surface area (Å²) in [7, 11) is 0. The van der Waals surface area contributed by atoms with Crippen LogP contribution in [0.4, 0.5) is 0 Å². The van der Waals surface area contributed by atoms with Crippen molar-refractivity contribution in [3.05, 3.63) is 77.4 Å². The molecule has 0 heterocycles. The molecule has 0 unspecified atom stereocenters. The first-order valence-corrected chi connectivity index (χ1v) is 7.83. The highest BCUT2D eigenvalue weighted by molar-refractivity contribution is 5.91. The highest BCUT2D eigenvalue weighted by Gasteiger charge is 2.04. The van der Waals surface area contributed by atoms with Crippen LogP contribution in [0.1, 0.15) is 23.1 Å². The van der Waals surface area contributed by atoms with Gasteiger partial charge in [-0.25, -0.2) is 0 Å². The van der Waals surface area contributed by atoms with E-state index < -0.39 is 5.97 Å². The van der Waals surface area contributed by atoms with Crippen molar-refractivity contribution in [3.63, 3.8) is 0 Å². The van der Waals surface area contributed by atoms with Crippen LogP contribution in [-0.4, -0.2) is 18.4 Å². The molecule has 0 fully saturated rings. The average Bonchev–Trinajstić information content (AvgIpc) is 2.66. The lowest BCUT2D eigenvalue weighted by molar-refractivity contribution is -0.144. The summed E-state index contributed by atoms with van der Waals surface area (Å²) in [5.74, 6) is -0.652. The number of amides is 1. The van der Waals surface area contributed by atoms with E-state index in [0.29, 0.717) is 5.56 Å². The highest BCUT2D eigenvalue weighted by Crippen LogP contribution is 2.05. The van der Waals surface area contributed by atoms with Gasteiger partial charge < -0.3 is 10.1 Å². The Morgan fingerprint density at radius 2 is 1.80 bits per heavy atom. The summed E-state index contributed by atoms with van der Waals surface area (Å²) >= 11 is 0. The Morgan fingerprint density at radius 3 is 2.48 bits per heavy atom. The predicted octanol–water partition coefficient (Wildman–Crippen LogP) is 2.82. The van der Waals surface area contributed by atoms with E-state index in [-0.39, 0.29) is 25.5 Å². The second-order valence-electron chi connectivity index (χ2n) is 5.25. The van der Waals surface area contributed by atoms with Gasteiger partial charge in [0.1, 0.15) is 6.61 Å². The van der Waals surface area contributed by atoms with Crippen LogP contribution < -0.4 is 5.32 Å². The van der Waals surface area contributed by atoms with Gasteiger partial charge in [0.15, 0.2) is 0 Å². The number of benzene rings is 2. The van der Waals surface area contributed by atoms with Crippen LogP contribution in [0.2, 0.25) is 0 Å². The number of carbonyl (C=O) groups is 2. The molecule has 5 heteroatoms. The smallest absolute Gasteiger partial charge is 0.307 e. The Balaban J connectivity index is 1.65. The van der Waals surface area contributed by atoms with Gasteiger partial charge in [0.25, 0.3) is 0 Å². The maximum atomic E-state index is 11.7. The third-order valence-electron chi connectivity index (χ3n) is 3.34. The molecule has 5 nitrogen and oxygen atoms in total. The third kappa shape index (κ3) is 6.71. The second-order valence-corrected chi connectivity index (χ2v) is 5.25. The molecule has 2 aromatic rings. The summed E-state index contributed by atoms with van der Waals surface area (Å²) in [5, 5.41) is 11.4. The molecule has 0 radical (unpaired) electrons. The van der Waals surface area contributed by atoms with Crippen LogP contribution in [0.5, 0.6) is 0 Å². The zero-order chi connectivity index (χ0) is 17.9. The van der Waals surface area contributed by atoms with Crippen molar-refractivity contribution in [1.82, 2.24) is 5.32 Å². The summed E-state index contributed by atoms with van der Waals surface area (Å²) in [6, 6.07) is 18.3. The summed E-state index contributed by atoms with van der Waals surface area (Å²) in [6.07, 6.45) is 3.23. The minimum Gasteiger partial charge on any atom is -0.461 e. The minimum atomic E-state index is -0.392. The molecule has 0 aliphatic rings. The van der Waals surface area contributed by atoms with Crippen LogP contribution in [0.15, 0.2) is 60.7 Å². The maximum absolute atomic E-state index is 11.7. The van der Waals surface area contributed by atoms with Gasteiger partial charge in [-0.3, -0.25) is 9.59 Å². The zero-order valence-corrected chi connectivity index (χ0v) is 13.6. The summed E-state index contributed by atoms with van der Waals surface area (Å²) < 4.78 is 5.12. The van der Waals surface area contributed by atoms with E-state index in [4.69, 9.17) is 10.00 Å². The van der Waals surface area contributed by atoms with Crippen molar-refractivity contribution >= 4 is 18.0 Å². The SMILES string of the molecule is N#Cc1ccc(COC(=O)CCNC(=O)/C=C/c2ccccc2)cc1. The number of esters is 1. The molecule has 25 heavy (non-hydrogen) atoms. The molecule has 0 bridgehead atoms. The molecule has 0 saturated carbocycles. The molecule has 0 aliphatic heterocycles. The lowest BCUT2D eigenvalue weighted by Gasteiger charge is -2.05. The van der Waals surface area contributed by atoms with Crippen LogP contribution in [-0.2, 0) is 20.9 Å². The van der Waals surface area contributed by atoms with Crippen molar-refractivity contribution < 1.29 is 14.3 Å². The Morgan fingerprint density at radius 1 is 1.08 bits per heavy atom. The quantitative estimate of drug-likeness (QED) is 0.624. The number of nitrogens with one attached hydrogen (secondary N) is 1. The normalized spacial score (nSPS) is 10.2. The van der Waals surface area contributed by atoms with Gasteiger partial charge in [-0.2, -0.15) is 5.26 Å². The second kappa shape index (κ2) is 9.68. The van der Waals surface area contributed by atoms with E-state index in [2.05, 4.69) is 5.32 Å². The van der Waals surface area contributed by atoms with Crippen LogP contribution in [0.25, 0.3) is 6.08 Å². The molecular formula is C20H18N2O3. The Kier molecular flexibility index (Phi) is 6.95. The molecule has 0 aliphatic carbocycles. The molecule has 0 atom stereocenters. The number of nitriles is 1. The lowest BCUT2D eigenvalue weighted by atomic mass is 10.2. The van der Waals surface area contributed by atoms with Gasteiger partial charge in [-0.1, -0.05) is 42.5 Å². The third-order valence-corrected chi connectivity index (χ3v) is 3.34. The molecule has 1 amide bonds. The minimum absolute atomic E-state index is 0.0984. The van der Waals surface area contributed by atoms with Gasteiger partial charge >= 0.3 is 5.97 Å². The fourth-order valence-electron chi connectivity index (χ4n) is 1.99. The van der Waals surface area contributed by atoms with Crippen molar-refractivity contribution in [2.45, 2.75) is 13.0 Å². The molecule has 126 valence electrons. The molecule has 0 saturated heterocycles. The fraction of sp³-hybridized carbons (Fsp3) is 0.150. The Labute approximate surface area is 146 Å². The van der Waals surface area contributed by atoms with Crippen molar-refractivity contribution in [2.75, 3.05) is 6.54 Å². The van der Waals surface area contributed by atoms with Gasteiger partial charge in [0, 0.05) is 12.6 Å². The average molecular weight is 334 g/mol. The van der Waals surface area contributed by atoms with Crippen LogP contribution in [0, 0.1) is 11.3 Å². The maximum Gasteiger partial charge on any atom is 0.307 e. The van der Waals surface area contributed by atoms with Crippen LogP contribution >= 0.6 is 0 Å². The largest absolute Gasteiger partial charge is 0.461 e. The number of carbonyl (C=O) groups excluding carboxylic acids is 2. The molecule has 0 spiro atoms. The van der Waals surface area contributed by atoms with E-state index in [1.807, 2.05) is 36.4 Å². The number of hydrogen-bond acceptors (Lipinski definition) is 4. The summed E-state index contributed by atoms with van der Waals surface area (Å²) in [4.78, 5) is 23.3. The standard InChI is InChI=1S/C20H18N2O3/c21-14-17-6-8-18(9-7-17)15-25-20(24)12-13-22-19(23)11-10-16-4-2-1-3-5-16/h1-11H,12-13,15H2,(H,22,23)/b11-10+. The topological polar surface area (TPSA) is 79.2 Å². The molecule has 1 N–H and O–H groups in total. The van der Waals surface area contributed by atoms with Crippen molar-refractivity contribution in [2.24, 2.45) is 0 Å². The first kappa shape index (κ1) is 18.0. The van der Waals surface area contributed by atoms with E-state index in [1.54, 1.807) is 30.3 Å². The first-order valence-electron chi connectivity index (χ1n) is 7.83. The molecule has 0 aromatic heterocycles. The van der Waals surface area contributed by atoms with Crippen molar-refractivity contribution in [1.29, 1.82) is 5.26 Å². The van der Waals surface area contributed by atoms with Gasteiger partial charge in [0.2, 0.25) is 5.91 Å². The van der Waals surface area contributed by atoms with E-state index in [9.17, 15) is 9.59 Å². The van der Waals surface area contributed by atoms with Crippen molar-refractivity contribution in [3.8, 4) is 6.07 Å². The number of ether oxygens (including phenoxy) is 1. The first-order chi connectivity index (χ1) is 12.2. The van der Waals surface area contributed by atoms with Gasteiger partial charge in [-0.15, -0.1) is 0 Å². The van der Waals surface area contributed by atoms with Crippen LogP contribution in [0.3, 0.4) is 0 Å². The number of rotatable bonds is 7. The van der Waals surface area contributed by atoms with E-state index >= 15 is 0 Å². The van der Waals surface area contributed by atoms with Gasteiger partial charge in [0.05, 0.1) is 18.1 Å². The summed E-state index contributed by atoms with van der Waals surface area (Å²) in [6.45, 7) is 0.358. The monoisotopic (exact) mass is 334 g/mol. The van der Waals surface area contributed by atoms with E-state index in [0.717, 1.165) is 11.1 Å². The Hall–Kier alpha value is -3.39. The zero-order valence-electron chi connectivity index (χ0n) is 13.6. The predicted molar refractivity (Wildman–Crippen MR) is 94.1 cm³/mol. The fourth-order valence-corrected chi connectivity index (χ4v) is 1.99. The molecular weight excluding hydrogens is 316 g/mol. The molecule has 2 rings (SSSR count). The lowest BCUT2D eigenvalue weighted by Crippen LogP contribution is -2.24. The number of hydrogen-bond donors (Lipinski definition) is 1. The molecule has 2 aromatic carbocycles.